The van der Waals surface area contributed by atoms with Gasteiger partial charge in [0.25, 0.3) is 0 Å². The number of urea groups is 1. The van der Waals surface area contributed by atoms with Gasteiger partial charge in [-0.25, -0.2) is 9.59 Å². The van der Waals surface area contributed by atoms with Gasteiger partial charge in [-0.05, 0) is 43.4 Å². The smallest absolute Gasteiger partial charge is 0.335 e. The first-order valence-electron chi connectivity index (χ1n) is 7.05. The Labute approximate surface area is 132 Å². The highest BCUT2D eigenvalue weighted by atomic mass is 79.9. The fourth-order valence-electron chi connectivity index (χ4n) is 2.45. The Balaban J connectivity index is 2.07. The highest BCUT2D eigenvalue weighted by Gasteiger charge is 2.19. The Bertz CT molecular complexity index is 548. The van der Waals surface area contributed by atoms with Crippen LogP contribution in [0.25, 0.3) is 0 Å². The number of anilines is 1. The first-order chi connectivity index (χ1) is 9.95. The second kappa shape index (κ2) is 6.93. The molecule has 0 radical (unpaired) electrons. The van der Waals surface area contributed by atoms with Crippen molar-refractivity contribution in [3.05, 3.63) is 28.2 Å². The number of nitrogens with zero attached hydrogens (tertiary/aromatic N) is 1. The predicted octanol–water partition coefficient (Wildman–Crippen LogP) is 3.80. The summed E-state index contributed by atoms with van der Waals surface area (Å²) in [6, 6.07) is 4.50. The molecule has 5 nitrogen and oxygen atoms in total. The van der Waals surface area contributed by atoms with E-state index in [1.807, 2.05) is 0 Å². The monoisotopic (exact) mass is 354 g/mol. The summed E-state index contributed by atoms with van der Waals surface area (Å²) in [5, 5.41) is 11.8. The van der Waals surface area contributed by atoms with Gasteiger partial charge in [-0.15, -0.1) is 0 Å². The minimum Gasteiger partial charge on any atom is -0.478 e. The van der Waals surface area contributed by atoms with Crippen molar-refractivity contribution in [3.63, 3.8) is 0 Å². The molecular formula is C15H19BrN2O3. The molecule has 2 rings (SSSR count). The summed E-state index contributed by atoms with van der Waals surface area (Å²) in [7, 11) is 0. The standard InChI is InChI=1S/C15H19BrN2O3/c1-10-3-2-5-18(6-4-10)15(21)17-13-8-11(14(19)20)7-12(16)9-13/h7-10H,2-6H2,1H3,(H,17,21)(H,19,20). The molecule has 1 fully saturated rings. The van der Waals surface area contributed by atoms with Crippen LogP contribution in [0, 0.1) is 5.92 Å². The maximum absolute atomic E-state index is 12.3. The molecule has 0 spiro atoms. The number of carbonyl (C=O) groups excluding carboxylic acids is 1. The largest absolute Gasteiger partial charge is 0.478 e. The van der Waals surface area contributed by atoms with Crippen LogP contribution < -0.4 is 5.32 Å². The average Bonchev–Trinajstić information content (AvgIpc) is 2.62. The van der Waals surface area contributed by atoms with Crippen molar-refractivity contribution in [2.45, 2.75) is 26.2 Å². The highest BCUT2D eigenvalue weighted by molar-refractivity contribution is 9.10. The lowest BCUT2D eigenvalue weighted by atomic mass is 10.0. The first-order valence-corrected chi connectivity index (χ1v) is 7.85. The van der Waals surface area contributed by atoms with Crippen LogP contribution >= 0.6 is 15.9 Å². The third-order valence-electron chi connectivity index (χ3n) is 3.70. The Kier molecular flexibility index (Phi) is 5.22. The number of carboxylic acid groups (broad SMARTS) is 1. The van der Waals surface area contributed by atoms with Gasteiger partial charge in [-0.3, -0.25) is 0 Å². The zero-order chi connectivity index (χ0) is 15.4. The number of carboxylic acids is 1. The molecule has 21 heavy (non-hydrogen) atoms. The molecule has 2 N–H and O–H groups in total. The van der Waals surface area contributed by atoms with Crippen LogP contribution in [-0.4, -0.2) is 35.1 Å². The van der Waals surface area contributed by atoms with E-state index in [2.05, 4.69) is 28.2 Å². The van der Waals surface area contributed by atoms with Crippen LogP contribution in [0.3, 0.4) is 0 Å². The third kappa shape index (κ3) is 4.46. The summed E-state index contributed by atoms with van der Waals surface area (Å²) in [6.07, 6.45) is 3.16. The summed E-state index contributed by atoms with van der Waals surface area (Å²) < 4.78 is 0.627. The van der Waals surface area contributed by atoms with E-state index in [1.165, 1.54) is 12.1 Å². The van der Waals surface area contributed by atoms with Crippen LogP contribution in [0.1, 0.15) is 36.5 Å². The average molecular weight is 355 g/mol. The summed E-state index contributed by atoms with van der Waals surface area (Å²) in [5.41, 5.74) is 0.633. The number of rotatable bonds is 2. The van der Waals surface area contributed by atoms with Crippen LogP contribution in [0.5, 0.6) is 0 Å². The lowest BCUT2D eigenvalue weighted by Gasteiger charge is -2.21. The molecule has 6 heteroatoms. The second-order valence-corrected chi connectivity index (χ2v) is 6.40. The molecule has 1 aromatic carbocycles. The van der Waals surface area contributed by atoms with Gasteiger partial charge in [0.15, 0.2) is 0 Å². The topological polar surface area (TPSA) is 69.6 Å². The van der Waals surface area contributed by atoms with Crippen molar-refractivity contribution in [1.29, 1.82) is 0 Å². The summed E-state index contributed by atoms with van der Waals surface area (Å²) >= 11 is 3.26. The van der Waals surface area contributed by atoms with E-state index in [4.69, 9.17) is 5.11 Å². The maximum atomic E-state index is 12.3. The van der Waals surface area contributed by atoms with Crippen molar-refractivity contribution in [2.24, 2.45) is 5.92 Å². The molecule has 0 aliphatic carbocycles. The van der Waals surface area contributed by atoms with Gasteiger partial charge in [-0.2, -0.15) is 0 Å². The van der Waals surface area contributed by atoms with Crippen LogP contribution in [-0.2, 0) is 0 Å². The predicted molar refractivity (Wildman–Crippen MR) is 84.7 cm³/mol. The number of carbonyl (C=O) groups is 2. The number of halogens is 1. The van der Waals surface area contributed by atoms with Gasteiger partial charge in [-0.1, -0.05) is 22.9 Å². The zero-order valence-corrected chi connectivity index (χ0v) is 13.5. The number of benzene rings is 1. The fourth-order valence-corrected chi connectivity index (χ4v) is 2.95. The lowest BCUT2D eigenvalue weighted by molar-refractivity contribution is 0.0696. The summed E-state index contributed by atoms with van der Waals surface area (Å²) in [5.74, 6) is -0.373. The van der Waals surface area contributed by atoms with E-state index in [0.29, 0.717) is 16.1 Å². The summed E-state index contributed by atoms with van der Waals surface area (Å²) in [6.45, 7) is 3.69. The Morgan fingerprint density at radius 2 is 2.05 bits per heavy atom. The van der Waals surface area contributed by atoms with Crippen LogP contribution in [0.2, 0.25) is 0 Å². The number of hydrogen-bond donors (Lipinski definition) is 2. The Morgan fingerprint density at radius 3 is 2.76 bits per heavy atom. The zero-order valence-electron chi connectivity index (χ0n) is 11.9. The fraction of sp³-hybridized carbons (Fsp3) is 0.467. The molecule has 1 aliphatic rings. The summed E-state index contributed by atoms with van der Waals surface area (Å²) in [4.78, 5) is 25.1. The molecule has 1 aliphatic heterocycles. The van der Waals surface area contributed by atoms with Crippen molar-refractivity contribution >= 4 is 33.6 Å². The highest BCUT2D eigenvalue weighted by Crippen LogP contribution is 2.21. The molecule has 0 aromatic heterocycles. The maximum Gasteiger partial charge on any atom is 0.335 e. The van der Waals surface area contributed by atoms with E-state index in [0.717, 1.165) is 32.4 Å². The molecule has 1 heterocycles. The number of aromatic carboxylic acids is 1. The second-order valence-electron chi connectivity index (χ2n) is 5.49. The van der Waals surface area contributed by atoms with E-state index in [1.54, 1.807) is 11.0 Å². The lowest BCUT2D eigenvalue weighted by Crippen LogP contribution is -2.35. The molecule has 0 bridgehead atoms. The van der Waals surface area contributed by atoms with Crippen molar-refractivity contribution < 1.29 is 14.7 Å². The molecule has 1 saturated heterocycles. The van der Waals surface area contributed by atoms with Gasteiger partial charge in [0.2, 0.25) is 0 Å². The molecule has 1 atom stereocenters. The van der Waals surface area contributed by atoms with Crippen molar-refractivity contribution in [1.82, 2.24) is 4.90 Å². The number of amides is 2. The van der Waals surface area contributed by atoms with Gasteiger partial charge in [0.1, 0.15) is 0 Å². The minimum atomic E-state index is -1.02. The first kappa shape index (κ1) is 15.8. The van der Waals surface area contributed by atoms with Gasteiger partial charge in [0.05, 0.1) is 5.56 Å². The number of hydrogen-bond acceptors (Lipinski definition) is 2. The van der Waals surface area contributed by atoms with Gasteiger partial charge < -0.3 is 15.3 Å². The normalized spacial score (nSPS) is 19.0. The molecule has 2 amide bonds. The van der Waals surface area contributed by atoms with Gasteiger partial charge >= 0.3 is 12.0 Å². The molecule has 1 aromatic rings. The third-order valence-corrected chi connectivity index (χ3v) is 4.16. The number of likely N-dealkylation sites (tertiary alicyclic amines) is 1. The Morgan fingerprint density at radius 1 is 1.29 bits per heavy atom. The van der Waals surface area contributed by atoms with Crippen molar-refractivity contribution in [3.8, 4) is 0 Å². The molecule has 0 saturated carbocycles. The molecular weight excluding hydrogens is 336 g/mol. The SMILES string of the molecule is CC1CCCN(C(=O)Nc2cc(Br)cc(C(=O)O)c2)CC1. The van der Waals surface area contributed by atoms with Crippen LogP contribution in [0.4, 0.5) is 10.5 Å². The van der Waals surface area contributed by atoms with Gasteiger partial charge in [0, 0.05) is 23.2 Å². The molecule has 1 unspecified atom stereocenters. The van der Waals surface area contributed by atoms with Crippen molar-refractivity contribution in [2.75, 3.05) is 18.4 Å². The molecule has 114 valence electrons. The van der Waals surface area contributed by atoms with E-state index < -0.39 is 5.97 Å². The van der Waals surface area contributed by atoms with E-state index >= 15 is 0 Å². The number of nitrogens with one attached hydrogen (secondary N) is 1. The van der Waals surface area contributed by atoms with E-state index in [-0.39, 0.29) is 11.6 Å². The minimum absolute atomic E-state index is 0.143. The Hall–Kier alpha value is -1.56. The quantitative estimate of drug-likeness (QED) is 0.848. The van der Waals surface area contributed by atoms with E-state index in [9.17, 15) is 9.59 Å². The van der Waals surface area contributed by atoms with Crippen LogP contribution in [0.15, 0.2) is 22.7 Å².